The lowest BCUT2D eigenvalue weighted by Crippen LogP contribution is -2.25. The summed E-state index contributed by atoms with van der Waals surface area (Å²) < 4.78 is 0. The molecular weight excluding hydrogens is 204 g/mol. The molecule has 0 fully saturated rings. The number of thioether (sulfide) groups is 1. The molecule has 0 heterocycles. The van der Waals surface area contributed by atoms with E-state index in [1.165, 1.54) is 11.1 Å². The normalized spacial score (nSPS) is 14.9. The van der Waals surface area contributed by atoms with Gasteiger partial charge < -0.3 is 5.11 Å². The van der Waals surface area contributed by atoms with Crippen LogP contribution in [0.15, 0.2) is 24.3 Å². The van der Waals surface area contributed by atoms with Gasteiger partial charge in [-0.05, 0) is 25.8 Å². The second-order valence-corrected chi connectivity index (χ2v) is 5.32. The summed E-state index contributed by atoms with van der Waals surface area (Å²) in [4.78, 5) is 0. The molecule has 1 aromatic rings. The van der Waals surface area contributed by atoms with Gasteiger partial charge in [0.2, 0.25) is 0 Å². The van der Waals surface area contributed by atoms with E-state index < -0.39 is 5.60 Å². The second kappa shape index (κ2) is 5.57. The zero-order valence-corrected chi connectivity index (χ0v) is 10.6. The molecule has 84 valence electrons. The van der Waals surface area contributed by atoms with Crippen molar-refractivity contribution in [1.82, 2.24) is 0 Å². The van der Waals surface area contributed by atoms with Crippen molar-refractivity contribution in [2.75, 3.05) is 5.75 Å². The van der Waals surface area contributed by atoms with Gasteiger partial charge in [0.25, 0.3) is 0 Å². The molecule has 0 aliphatic heterocycles. The average Bonchev–Trinajstić information content (AvgIpc) is 2.18. The van der Waals surface area contributed by atoms with Crippen molar-refractivity contribution in [3.05, 3.63) is 35.4 Å². The van der Waals surface area contributed by atoms with E-state index in [1.54, 1.807) is 11.8 Å². The largest absolute Gasteiger partial charge is 0.389 e. The van der Waals surface area contributed by atoms with Crippen molar-refractivity contribution in [2.45, 2.75) is 38.5 Å². The van der Waals surface area contributed by atoms with Crippen LogP contribution in [0.5, 0.6) is 0 Å². The summed E-state index contributed by atoms with van der Waals surface area (Å²) >= 11 is 1.80. The molecule has 0 amide bonds. The second-order valence-electron chi connectivity index (χ2n) is 4.33. The summed E-state index contributed by atoms with van der Waals surface area (Å²) in [6.07, 6.45) is 0.813. The van der Waals surface area contributed by atoms with E-state index >= 15 is 0 Å². The van der Waals surface area contributed by atoms with Gasteiger partial charge in [0.15, 0.2) is 0 Å². The molecule has 1 atom stereocenters. The van der Waals surface area contributed by atoms with Gasteiger partial charge in [0, 0.05) is 11.5 Å². The fourth-order valence-corrected chi connectivity index (χ4v) is 2.45. The molecule has 1 aromatic carbocycles. The Morgan fingerprint density at radius 2 is 2.13 bits per heavy atom. The van der Waals surface area contributed by atoms with Gasteiger partial charge >= 0.3 is 0 Å². The first-order valence-corrected chi connectivity index (χ1v) is 6.54. The summed E-state index contributed by atoms with van der Waals surface area (Å²) in [6, 6.07) is 8.54. The summed E-state index contributed by atoms with van der Waals surface area (Å²) in [5.74, 6) is 1.79. The van der Waals surface area contributed by atoms with Crippen molar-refractivity contribution < 1.29 is 5.11 Å². The molecule has 1 rings (SSSR count). The number of benzene rings is 1. The van der Waals surface area contributed by atoms with Gasteiger partial charge in [-0.2, -0.15) is 11.8 Å². The number of hydrogen-bond acceptors (Lipinski definition) is 2. The van der Waals surface area contributed by atoms with Crippen molar-refractivity contribution in [3.8, 4) is 0 Å². The topological polar surface area (TPSA) is 20.2 Å². The van der Waals surface area contributed by atoms with Crippen molar-refractivity contribution in [1.29, 1.82) is 0 Å². The van der Waals surface area contributed by atoms with Crippen molar-refractivity contribution >= 4 is 11.8 Å². The van der Waals surface area contributed by atoms with Crippen LogP contribution in [-0.4, -0.2) is 16.5 Å². The summed E-state index contributed by atoms with van der Waals surface area (Å²) in [6.45, 7) is 6.03. The first-order chi connectivity index (χ1) is 7.03. The van der Waals surface area contributed by atoms with Gasteiger partial charge in [-0.25, -0.2) is 0 Å². The van der Waals surface area contributed by atoms with Crippen LogP contribution < -0.4 is 0 Å². The van der Waals surface area contributed by atoms with Crippen LogP contribution in [-0.2, 0) is 5.75 Å². The van der Waals surface area contributed by atoms with Crippen LogP contribution in [0.4, 0.5) is 0 Å². The number of hydrogen-bond donors (Lipinski definition) is 1. The molecule has 0 bridgehead atoms. The number of rotatable bonds is 5. The minimum atomic E-state index is -0.519. The number of aryl methyl sites for hydroxylation is 1. The lowest BCUT2D eigenvalue weighted by molar-refractivity contribution is 0.0816. The molecule has 0 saturated heterocycles. The molecule has 0 radical (unpaired) electrons. The van der Waals surface area contributed by atoms with E-state index in [9.17, 15) is 5.11 Å². The van der Waals surface area contributed by atoms with Gasteiger partial charge in [0.1, 0.15) is 0 Å². The van der Waals surface area contributed by atoms with Gasteiger partial charge in [-0.15, -0.1) is 0 Å². The molecule has 1 unspecified atom stereocenters. The maximum Gasteiger partial charge on any atom is 0.0707 e. The number of aliphatic hydroxyl groups is 1. The van der Waals surface area contributed by atoms with Crippen LogP contribution in [0.3, 0.4) is 0 Å². The highest BCUT2D eigenvalue weighted by atomic mass is 32.2. The Labute approximate surface area is 96.9 Å². The molecular formula is C13H20OS. The lowest BCUT2D eigenvalue weighted by atomic mass is 10.1. The quantitative estimate of drug-likeness (QED) is 0.827. The standard InChI is InChI=1S/C13H20OS/c1-4-13(3,14)10-15-9-12-7-5-6-11(2)8-12/h5-8,14H,4,9-10H2,1-3H3. The minimum absolute atomic E-state index is 0.519. The Kier molecular flexibility index (Phi) is 4.68. The highest BCUT2D eigenvalue weighted by Gasteiger charge is 2.16. The maximum absolute atomic E-state index is 9.83. The maximum atomic E-state index is 9.83. The van der Waals surface area contributed by atoms with E-state index in [0.29, 0.717) is 0 Å². The monoisotopic (exact) mass is 224 g/mol. The van der Waals surface area contributed by atoms with Crippen molar-refractivity contribution in [2.24, 2.45) is 0 Å². The Hall–Kier alpha value is -0.470. The highest BCUT2D eigenvalue weighted by molar-refractivity contribution is 7.98. The molecule has 0 saturated carbocycles. The predicted octanol–water partition coefficient (Wildman–Crippen LogP) is 3.39. The molecule has 0 aliphatic rings. The Balaban J connectivity index is 2.38. The van der Waals surface area contributed by atoms with Crippen molar-refractivity contribution in [3.63, 3.8) is 0 Å². The SMILES string of the molecule is CCC(C)(O)CSCc1cccc(C)c1. The van der Waals surface area contributed by atoms with Crippen LogP contribution >= 0.6 is 11.8 Å². The smallest absolute Gasteiger partial charge is 0.0707 e. The van der Waals surface area contributed by atoms with E-state index in [-0.39, 0.29) is 0 Å². The lowest BCUT2D eigenvalue weighted by Gasteiger charge is -2.20. The minimum Gasteiger partial charge on any atom is -0.389 e. The molecule has 0 aliphatic carbocycles. The van der Waals surface area contributed by atoms with Gasteiger partial charge in [-0.3, -0.25) is 0 Å². The third-order valence-corrected chi connectivity index (χ3v) is 3.89. The van der Waals surface area contributed by atoms with Gasteiger partial charge in [0.05, 0.1) is 5.60 Å². The molecule has 15 heavy (non-hydrogen) atoms. The highest BCUT2D eigenvalue weighted by Crippen LogP contribution is 2.20. The molecule has 0 aromatic heterocycles. The predicted molar refractivity (Wildman–Crippen MR) is 68.3 cm³/mol. The van der Waals surface area contributed by atoms with Crippen LogP contribution in [0.2, 0.25) is 0 Å². The Bertz CT molecular complexity index is 307. The molecule has 1 N–H and O–H groups in total. The average molecular weight is 224 g/mol. The fraction of sp³-hybridized carbons (Fsp3) is 0.538. The van der Waals surface area contributed by atoms with E-state index in [0.717, 1.165) is 17.9 Å². The van der Waals surface area contributed by atoms with E-state index in [4.69, 9.17) is 0 Å². The Morgan fingerprint density at radius 3 is 2.73 bits per heavy atom. The van der Waals surface area contributed by atoms with Crippen LogP contribution in [0.25, 0.3) is 0 Å². The summed E-state index contributed by atoms with van der Waals surface area (Å²) in [5, 5.41) is 9.83. The zero-order valence-electron chi connectivity index (χ0n) is 9.79. The van der Waals surface area contributed by atoms with Crippen LogP contribution in [0.1, 0.15) is 31.4 Å². The Morgan fingerprint density at radius 1 is 1.40 bits per heavy atom. The van der Waals surface area contributed by atoms with E-state index in [1.807, 2.05) is 13.8 Å². The zero-order chi connectivity index (χ0) is 11.3. The molecule has 2 heteroatoms. The van der Waals surface area contributed by atoms with Gasteiger partial charge in [-0.1, -0.05) is 36.8 Å². The molecule has 1 nitrogen and oxygen atoms in total. The van der Waals surface area contributed by atoms with Crippen LogP contribution in [0, 0.1) is 6.92 Å². The summed E-state index contributed by atoms with van der Waals surface area (Å²) in [7, 11) is 0. The first-order valence-electron chi connectivity index (χ1n) is 5.39. The third kappa shape index (κ3) is 4.72. The first kappa shape index (κ1) is 12.6. The fourth-order valence-electron chi connectivity index (χ4n) is 1.29. The molecule has 0 spiro atoms. The van der Waals surface area contributed by atoms with E-state index in [2.05, 4.69) is 31.2 Å². The summed E-state index contributed by atoms with van der Waals surface area (Å²) in [5.41, 5.74) is 2.12. The third-order valence-electron chi connectivity index (χ3n) is 2.53.